The van der Waals surface area contributed by atoms with E-state index in [1.54, 1.807) is 0 Å². The molecular weight excluding hydrogens is 260 g/mol. The maximum Gasteiger partial charge on any atom is 0.303 e. The Morgan fingerprint density at radius 2 is 2.05 bits per heavy atom. The van der Waals surface area contributed by atoms with Gasteiger partial charge in [0.1, 0.15) is 0 Å². The first kappa shape index (κ1) is 13.7. The molecule has 1 unspecified atom stereocenters. The van der Waals surface area contributed by atoms with Crippen molar-refractivity contribution in [2.24, 2.45) is 0 Å². The van der Waals surface area contributed by atoms with Gasteiger partial charge in [-0.05, 0) is 12.0 Å². The SMILES string of the molecule is O=C(O)CCC(NC(=O)c1cn[nH]n1)c1ccccc1. The van der Waals surface area contributed by atoms with Crippen LogP contribution in [0.4, 0.5) is 0 Å². The molecule has 7 heteroatoms. The monoisotopic (exact) mass is 274 g/mol. The van der Waals surface area contributed by atoms with Crippen LogP contribution < -0.4 is 5.32 Å². The summed E-state index contributed by atoms with van der Waals surface area (Å²) < 4.78 is 0. The number of aliphatic carboxylic acids is 1. The van der Waals surface area contributed by atoms with Crippen LogP contribution in [0.25, 0.3) is 0 Å². The first-order valence-corrected chi connectivity index (χ1v) is 6.10. The summed E-state index contributed by atoms with van der Waals surface area (Å²) in [7, 11) is 0. The third kappa shape index (κ3) is 3.64. The molecule has 0 spiro atoms. The van der Waals surface area contributed by atoms with E-state index in [0.717, 1.165) is 5.56 Å². The minimum atomic E-state index is -0.901. The average molecular weight is 274 g/mol. The zero-order valence-electron chi connectivity index (χ0n) is 10.6. The second kappa shape index (κ2) is 6.46. The van der Waals surface area contributed by atoms with Crippen molar-refractivity contribution < 1.29 is 14.7 Å². The van der Waals surface area contributed by atoms with E-state index in [1.165, 1.54) is 6.20 Å². The number of nitrogens with one attached hydrogen (secondary N) is 2. The molecule has 0 aliphatic carbocycles. The second-order valence-corrected chi connectivity index (χ2v) is 4.22. The number of aromatic nitrogens is 3. The molecule has 0 saturated carbocycles. The number of hydrogen-bond donors (Lipinski definition) is 3. The van der Waals surface area contributed by atoms with Crippen molar-refractivity contribution in [3.63, 3.8) is 0 Å². The molecule has 7 nitrogen and oxygen atoms in total. The lowest BCUT2D eigenvalue weighted by atomic mass is 10.0. The Morgan fingerprint density at radius 1 is 1.30 bits per heavy atom. The number of hydrogen-bond acceptors (Lipinski definition) is 4. The number of carbonyl (C=O) groups excluding carboxylic acids is 1. The Bertz CT molecular complexity index is 569. The van der Waals surface area contributed by atoms with Crippen LogP contribution in [0.3, 0.4) is 0 Å². The average Bonchev–Trinajstić information content (AvgIpc) is 2.98. The van der Waals surface area contributed by atoms with E-state index >= 15 is 0 Å². The van der Waals surface area contributed by atoms with Crippen molar-refractivity contribution in [1.29, 1.82) is 0 Å². The molecule has 1 aromatic heterocycles. The van der Waals surface area contributed by atoms with Crippen LogP contribution in [0, 0.1) is 0 Å². The third-order valence-corrected chi connectivity index (χ3v) is 2.80. The van der Waals surface area contributed by atoms with Crippen LogP contribution in [0.15, 0.2) is 36.5 Å². The number of carbonyl (C=O) groups is 2. The molecule has 1 amide bonds. The topological polar surface area (TPSA) is 108 Å². The molecule has 0 saturated heterocycles. The standard InChI is InChI=1S/C13H14N4O3/c18-12(19)7-6-10(9-4-2-1-3-5-9)15-13(20)11-8-14-17-16-11/h1-5,8,10H,6-7H2,(H,15,20)(H,18,19)(H,14,16,17). The Hall–Kier alpha value is -2.70. The first-order chi connectivity index (χ1) is 9.66. The largest absolute Gasteiger partial charge is 0.481 e. The Labute approximate surface area is 115 Å². The van der Waals surface area contributed by atoms with E-state index in [-0.39, 0.29) is 18.2 Å². The van der Waals surface area contributed by atoms with Gasteiger partial charge >= 0.3 is 5.97 Å². The highest BCUT2D eigenvalue weighted by atomic mass is 16.4. The summed E-state index contributed by atoms with van der Waals surface area (Å²) >= 11 is 0. The summed E-state index contributed by atoms with van der Waals surface area (Å²) in [6.45, 7) is 0. The van der Waals surface area contributed by atoms with Gasteiger partial charge in [-0.1, -0.05) is 30.3 Å². The van der Waals surface area contributed by atoms with Gasteiger partial charge in [0, 0.05) is 6.42 Å². The Balaban J connectivity index is 2.10. The Kier molecular flexibility index (Phi) is 4.43. The summed E-state index contributed by atoms with van der Waals surface area (Å²) in [4.78, 5) is 22.7. The zero-order valence-corrected chi connectivity index (χ0v) is 10.6. The van der Waals surface area contributed by atoms with Crippen LogP contribution in [-0.2, 0) is 4.79 Å². The lowest BCUT2D eigenvalue weighted by molar-refractivity contribution is -0.137. The molecule has 1 atom stereocenters. The normalized spacial score (nSPS) is 11.8. The molecule has 0 radical (unpaired) electrons. The number of amides is 1. The summed E-state index contributed by atoms with van der Waals surface area (Å²) in [5.74, 6) is -1.29. The summed E-state index contributed by atoms with van der Waals surface area (Å²) in [5, 5.41) is 21.2. The van der Waals surface area contributed by atoms with Crippen LogP contribution >= 0.6 is 0 Å². The van der Waals surface area contributed by atoms with Crippen molar-refractivity contribution >= 4 is 11.9 Å². The molecule has 0 bridgehead atoms. The lowest BCUT2D eigenvalue weighted by Crippen LogP contribution is -2.29. The fourth-order valence-corrected chi connectivity index (χ4v) is 1.82. The van der Waals surface area contributed by atoms with Crippen molar-refractivity contribution in [3.05, 3.63) is 47.8 Å². The minimum Gasteiger partial charge on any atom is -0.481 e. The van der Waals surface area contributed by atoms with Gasteiger partial charge in [0.15, 0.2) is 5.69 Å². The fraction of sp³-hybridized carbons (Fsp3) is 0.231. The van der Waals surface area contributed by atoms with Gasteiger partial charge in [0.2, 0.25) is 0 Å². The minimum absolute atomic E-state index is 0.0291. The van der Waals surface area contributed by atoms with Crippen molar-refractivity contribution in [2.75, 3.05) is 0 Å². The molecule has 2 aromatic rings. The number of carboxylic acids is 1. The molecule has 2 rings (SSSR count). The Morgan fingerprint density at radius 3 is 2.65 bits per heavy atom. The fourth-order valence-electron chi connectivity index (χ4n) is 1.82. The molecule has 1 aromatic carbocycles. The quantitative estimate of drug-likeness (QED) is 0.732. The maximum atomic E-state index is 12.0. The van der Waals surface area contributed by atoms with Crippen LogP contribution in [-0.4, -0.2) is 32.4 Å². The van der Waals surface area contributed by atoms with E-state index in [4.69, 9.17) is 5.11 Å². The van der Waals surface area contributed by atoms with Gasteiger partial charge in [-0.25, -0.2) is 0 Å². The summed E-state index contributed by atoms with van der Waals surface area (Å²) in [6, 6.07) is 8.84. The molecule has 20 heavy (non-hydrogen) atoms. The van der Waals surface area contributed by atoms with Crippen molar-refractivity contribution in [2.45, 2.75) is 18.9 Å². The van der Waals surface area contributed by atoms with E-state index in [9.17, 15) is 9.59 Å². The van der Waals surface area contributed by atoms with E-state index < -0.39 is 11.9 Å². The summed E-state index contributed by atoms with van der Waals surface area (Å²) in [5.41, 5.74) is 1.02. The first-order valence-electron chi connectivity index (χ1n) is 6.10. The molecule has 1 heterocycles. The van der Waals surface area contributed by atoms with Gasteiger partial charge in [0.05, 0.1) is 12.2 Å². The van der Waals surface area contributed by atoms with E-state index in [0.29, 0.717) is 6.42 Å². The van der Waals surface area contributed by atoms with Gasteiger partial charge in [0.25, 0.3) is 5.91 Å². The number of rotatable bonds is 6. The second-order valence-electron chi connectivity index (χ2n) is 4.22. The molecule has 104 valence electrons. The number of carboxylic acid groups (broad SMARTS) is 1. The number of nitrogens with zero attached hydrogens (tertiary/aromatic N) is 2. The zero-order chi connectivity index (χ0) is 14.4. The highest BCUT2D eigenvalue weighted by molar-refractivity contribution is 5.92. The molecule has 0 fully saturated rings. The number of aromatic amines is 1. The van der Waals surface area contributed by atoms with Crippen LogP contribution in [0.5, 0.6) is 0 Å². The number of benzene rings is 1. The highest BCUT2D eigenvalue weighted by Crippen LogP contribution is 2.18. The molecule has 0 aliphatic rings. The van der Waals surface area contributed by atoms with Gasteiger partial charge < -0.3 is 10.4 Å². The van der Waals surface area contributed by atoms with Crippen molar-refractivity contribution in [1.82, 2.24) is 20.7 Å². The maximum absolute atomic E-state index is 12.0. The van der Waals surface area contributed by atoms with Gasteiger partial charge in [-0.2, -0.15) is 15.4 Å². The molecule has 3 N–H and O–H groups in total. The van der Waals surface area contributed by atoms with Gasteiger partial charge in [-0.15, -0.1) is 0 Å². The van der Waals surface area contributed by atoms with E-state index in [1.807, 2.05) is 30.3 Å². The van der Waals surface area contributed by atoms with Gasteiger partial charge in [-0.3, -0.25) is 9.59 Å². The predicted molar refractivity (Wildman–Crippen MR) is 69.9 cm³/mol. The summed E-state index contributed by atoms with van der Waals surface area (Å²) in [6.07, 6.45) is 1.59. The number of H-pyrrole nitrogens is 1. The third-order valence-electron chi connectivity index (χ3n) is 2.80. The molecular formula is C13H14N4O3. The van der Waals surface area contributed by atoms with E-state index in [2.05, 4.69) is 20.7 Å². The predicted octanol–water partition coefficient (Wildman–Crippen LogP) is 1.14. The van der Waals surface area contributed by atoms with Crippen LogP contribution in [0.1, 0.15) is 34.9 Å². The lowest BCUT2D eigenvalue weighted by Gasteiger charge is -2.17. The van der Waals surface area contributed by atoms with Crippen molar-refractivity contribution in [3.8, 4) is 0 Å². The smallest absolute Gasteiger partial charge is 0.303 e. The van der Waals surface area contributed by atoms with Crippen LogP contribution in [0.2, 0.25) is 0 Å². The molecule has 0 aliphatic heterocycles. The highest BCUT2D eigenvalue weighted by Gasteiger charge is 2.18.